The molecule has 0 radical (unpaired) electrons. The Morgan fingerprint density at radius 1 is 1.29 bits per heavy atom. The molecule has 0 saturated carbocycles. The first kappa shape index (κ1) is 9.21. The number of hydrogen-bond donors (Lipinski definition) is 2. The van der Waals surface area contributed by atoms with Gasteiger partial charge in [0.2, 0.25) is 5.95 Å². The number of rotatable bonds is 1. The van der Waals surface area contributed by atoms with E-state index in [2.05, 4.69) is 9.97 Å². The van der Waals surface area contributed by atoms with Gasteiger partial charge in [-0.3, -0.25) is 0 Å². The van der Waals surface area contributed by atoms with Gasteiger partial charge in [0.05, 0.1) is 23.2 Å². The van der Waals surface area contributed by atoms with Crippen LogP contribution in [0.15, 0.2) is 0 Å². The minimum atomic E-state index is -0.239. The van der Waals surface area contributed by atoms with Gasteiger partial charge < -0.3 is 15.7 Å². The number of anilines is 2. The second-order valence-corrected chi connectivity index (χ2v) is 3.67. The zero-order valence-corrected chi connectivity index (χ0v) is 8.36. The topological polar surface area (TPSA) is 75.3 Å². The summed E-state index contributed by atoms with van der Waals surface area (Å²) in [4.78, 5) is 10.5. The molecule has 1 aromatic heterocycles. The molecule has 0 amide bonds. The minimum absolute atomic E-state index is 0.239. The lowest BCUT2D eigenvalue weighted by Gasteiger charge is -2.36. The van der Waals surface area contributed by atoms with Gasteiger partial charge in [0.15, 0.2) is 0 Å². The Hall–Kier alpha value is -1.36. The van der Waals surface area contributed by atoms with Crippen molar-refractivity contribution in [3.8, 4) is 0 Å². The predicted molar refractivity (Wildman–Crippen MR) is 54.1 cm³/mol. The first-order valence-corrected chi connectivity index (χ1v) is 4.61. The van der Waals surface area contributed by atoms with Crippen molar-refractivity contribution in [3.05, 3.63) is 11.4 Å². The third kappa shape index (κ3) is 1.39. The number of hydrogen-bond acceptors (Lipinski definition) is 5. The number of nitrogens with zero attached hydrogens (tertiary/aromatic N) is 3. The van der Waals surface area contributed by atoms with E-state index >= 15 is 0 Å². The summed E-state index contributed by atoms with van der Waals surface area (Å²) in [6.45, 7) is 4.96. The Bertz CT molecular complexity index is 337. The number of nitrogens with two attached hydrogens (primary N) is 1. The first-order valence-electron chi connectivity index (χ1n) is 4.61. The lowest BCUT2D eigenvalue weighted by molar-refractivity contribution is 0.140. The van der Waals surface area contributed by atoms with Gasteiger partial charge in [-0.15, -0.1) is 0 Å². The molecular weight excluding hydrogens is 180 g/mol. The SMILES string of the molecule is Cc1nc(N2CC(O)C2)nc(C)c1N. The third-order valence-electron chi connectivity index (χ3n) is 2.46. The molecule has 5 nitrogen and oxygen atoms in total. The van der Waals surface area contributed by atoms with E-state index in [-0.39, 0.29) is 6.10 Å². The maximum atomic E-state index is 9.15. The van der Waals surface area contributed by atoms with Gasteiger partial charge >= 0.3 is 0 Å². The van der Waals surface area contributed by atoms with Crippen molar-refractivity contribution in [2.75, 3.05) is 23.7 Å². The van der Waals surface area contributed by atoms with E-state index in [0.29, 0.717) is 24.7 Å². The summed E-state index contributed by atoms with van der Waals surface area (Å²) in [5, 5.41) is 9.15. The second kappa shape index (κ2) is 3.09. The quantitative estimate of drug-likeness (QED) is 0.650. The number of aliphatic hydroxyl groups is 1. The van der Waals surface area contributed by atoms with Gasteiger partial charge in [0, 0.05) is 13.1 Å². The number of nitrogen functional groups attached to an aromatic ring is 1. The summed E-state index contributed by atoms with van der Waals surface area (Å²) in [5.74, 6) is 0.666. The van der Waals surface area contributed by atoms with E-state index in [1.165, 1.54) is 0 Å². The number of β-amino-alcohol motifs (C(OH)–C–C–N with tert-alkyl or cyclic N) is 1. The van der Waals surface area contributed by atoms with E-state index in [9.17, 15) is 0 Å². The van der Waals surface area contributed by atoms with Crippen LogP contribution in [0.4, 0.5) is 11.6 Å². The van der Waals surface area contributed by atoms with E-state index in [0.717, 1.165) is 11.4 Å². The van der Waals surface area contributed by atoms with Gasteiger partial charge in [-0.1, -0.05) is 0 Å². The minimum Gasteiger partial charge on any atom is -0.396 e. The fourth-order valence-electron chi connectivity index (χ4n) is 1.47. The lowest BCUT2D eigenvalue weighted by atomic mass is 10.2. The van der Waals surface area contributed by atoms with Crippen LogP contribution in [0.1, 0.15) is 11.4 Å². The lowest BCUT2D eigenvalue weighted by Crippen LogP contribution is -2.51. The molecule has 0 bridgehead atoms. The fraction of sp³-hybridized carbons (Fsp3) is 0.556. The maximum Gasteiger partial charge on any atom is 0.226 e. The van der Waals surface area contributed by atoms with Crippen molar-refractivity contribution in [1.29, 1.82) is 0 Å². The van der Waals surface area contributed by atoms with Gasteiger partial charge in [-0.25, -0.2) is 9.97 Å². The molecule has 76 valence electrons. The normalized spacial score (nSPS) is 16.9. The van der Waals surface area contributed by atoms with Crippen LogP contribution < -0.4 is 10.6 Å². The monoisotopic (exact) mass is 194 g/mol. The number of aromatic nitrogens is 2. The van der Waals surface area contributed by atoms with Crippen molar-refractivity contribution in [2.45, 2.75) is 20.0 Å². The van der Waals surface area contributed by atoms with Gasteiger partial charge in [0.25, 0.3) is 0 Å². The van der Waals surface area contributed by atoms with Crippen molar-refractivity contribution in [1.82, 2.24) is 9.97 Å². The Morgan fingerprint density at radius 2 is 1.79 bits per heavy atom. The molecule has 14 heavy (non-hydrogen) atoms. The van der Waals surface area contributed by atoms with E-state index in [4.69, 9.17) is 10.8 Å². The summed E-state index contributed by atoms with van der Waals surface area (Å²) in [5.41, 5.74) is 7.99. The third-order valence-corrected chi connectivity index (χ3v) is 2.46. The number of aliphatic hydroxyl groups excluding tert-OH is 1. The summed E-state index contributed by atoms with van der Waals surface area (Å²) in [6.07, 6.45) is -0.239. The molecule has 0 spiro atoms. The highest BCUT2D eigenvalue weighted by molar-refractivity contribution is 5.50. The molecule has 0 aliphatic carbocycles. The summed E-state index contributed by atoms with van der Waals surface area (Å²) >= 11 is 0. The van der Waals surface area contributed by atoms with Crippen molar-refractivity contribution >= 4 is 11.6 Å². The smallest absolute Gasteiger partial charge is 0.226 e. The molecule has 0 aromatic carbocycles. The molecule has 0 unspecified atom stereocenters. The summed E-state index contributed by atoms with van der Waals surface area (Å²) < 4.78 is 0. The Balaban J connectivity index is 2.27. The van der Waals surface area contributed by atoms with E-state index < -0.39 is 0 Å². The highest BCUT2D eigenvalue weighted by Gasteiger charge is 2.27. The van der Waals surface area contributed by atoms with Crippen LogP contribution in [0.2, 0.25) is 0 Å². The molecule has 1 aliphatic rings. The molecular formula is C9H14N4O. The number of aryl methyl sites for hydroxylation is 2. The van der Waals surface area contributed by atoms with Crippen LogP contribution in [0, 0.1) is 13.8 Å². The summed E-state index contributed by atoms with van der Waals surface area (Å²) in [7, 11) is 0. The Kier molecular flexibility index (Phi) is 2.03. The van der Waals surface area contributed by atoms with Crippen LogP contribution in [0.5, 0.6) is 0 Å². The zero-order chi connectivity index (χ0) is 10.3. The molecule has 1 fully saturated rings. The van der Waals surface area contributed by atoms with E-state index in [1.54, 1.807) is 0 Å². The van der Waals surface area contributed by atoms with Gasteiger partial charge in [-0.05, 0) is 13.8 Å². The average molecular weight is 194 g/mol. The second-order valence-electron chi connectivity index (χ2n) is 3.67. The molecule has 5 heteroatoms. The first-order chi connectivity index (χ1) is 6.58. The molecule has 0 atom stereocenters. The van der Waals surface area contributed by atoms with Crippen molar-refractivity contribution in [2.24, 2.45) is 0 Å². The Labute approximate surface area is 82.6 Å². The van der Waals surface area contributed by atoms with Crippen LogP contribution in [0.25, 0.3) is 0 Å². The zero-order valence-electron chi connectivity index (χ0n) is 8.36. The van der Waals surface area contributed by atoms with Crippen LogP contribution >= 0.6 is 0 Å². The fourth-order valence-corrected chi connectivity index (χ4v) is 1.47. The molecule has 3 N–H and O–H groups in total. The molecule has 1 aliphatic heterocycles. The van der Waals surface area contributed by atoms with Crippen molar-refractivity contribution < 1.29 is 5.11 Å². The highest BCUT2D eigenvalue weighted by Crippen LogP contribution is 2.20. The molecule has 1 aromatic rings. The van der Waals surface area contributed by atoms with Gasteiger partial charge in [-0.2, -0.15) is 0 Å². The summed E-state index contributed by atoms with van der Waals surface area (Å²) in [6, 6.07) is 0. The molecule has 2 rings (SSSR count). The molecule has 2 heterocycles. The van der Waals surface area contributed by atoms with Crippen LogP contribution in [0.3, 0.4) is 0 Å². The largest absolute Gasteiger partial charge is 0.396 e. The van der Waals surface area contributed by atoms with Crippen LogP contribution in [-0.2, 0) is 0 Å². The maximum absolute atomic E-state index is 9.15. The van der Waals surface area contributed by atoms with Gasteiger partial charge in [0.1, 0.15) is 0 Å². The van der Waals surface area contributed by atoms with Crippen molar-refractivity contribution in [3.63, 3.8) is 0 Å². The van der Waals surface area contributed by atoms with Crippen LogP contribution in [-0.4, -0.2) is 34.3 Å². The average Bonchev–Trinajstić information content (AvgIpc) is 2.08. The highest BCUT2D eigenvalue weighted by atomic mass is 16.3. The standard InChI is InChI=1S/C9H14N4O/c1-5-8(10)6(2)12-9(11-5)13-3-7(14)4-13/h7,14H,3-4,10H2,1-2H3. The molecule has 1 saturated heterocycles. The Morgan fingerprint density at radius 3 is 2.21 bits per heavy atom. The van der Waals surface area contributed by atoms with E-state index in [1.807, 2.05) is 18.7 Å². The predicted octanol–water partition coefficient (Wildman–Crippen LogP) is -0.143.